The van der Waals surface area contributed by atoms with Crippen LogP contribution in [0.25, 0.3) is 0 Å². The Balaban J connectivity index is 2.65. The SMILES string of the molecule is CC(=O)OC[C@H]1O[C@@H](O[C@@H]2[C@H](OCCCCCSC(C)=O)O[C@H](COC(C)=O)[C@@H](OC(C)=O)[C@@H]2OC(C)=O)[C@@H](OC(C)=O)[C@@H](OC(C)=O)[C@@H]1OC(C)=O. The summed E-state index contributed by atoms with van der Waals surface area (Å²) in [4.78, 5) is 96.6. The topological polar surface area (TPSA) is 238 Å². The van der Waals surface area contributed by atoms with Gasteiger partial charge in [-0.3, -0.25) is 38.4 Å². The van der Waals surface area contributed by atoms with Crippen LogP contribution in [-0.2, 0) is 90.5 Å². The van der Waals surface area contributed by atoms with E-state index in [9.17, 15) is 38.4 Å². The number of hydrogen-bond donors (Lipinski definition) is 0. The van der Waals surface area contributed by atoms with Crippen LogP contribution in [0.1, 0.15) is 74.7 Å². The molecule has 0 aliphatic carbocycles. The molecule has 0 radical (unpaired) electrons. The van der Waals surface area contributed by atoms with Crippen molar-refractivity contribution >= 4 is 58.7 Å². The lowest BCUT2D eigenvalue weighted by Crippen LogP contribution is -2.67. The smallest absolute Gasteiger partial charge is 0.303 e. The van der Waals surface area contributed by atoms with Gasteiger partial charge in [-0.15, -0.1) is 0 Å². The Morgan fingerprint density at radius 1 is 0.472 bits per heavy atom. The minimum absolute atomic E-state index is 0.0169. The zero-order valence-electron chi connectivity index (χ0n) is 30.9. The molecule has 0 spiro atoms. The highest BCUT2D eigenvalue weighted by atomic mass is 32.2. The number of rotatable bonds is 18. The molecule has 0 aromatic heterocycles. The molecule has 53 heavy (non-hydrogen) atoms. The third-order valence-electron chi connectivity index (χ3n) is 7.26. The monoisotopic (exact) mass is 780 g/mol. The molecule has 2 rings (SSSR count). The molecule has 0 amide bonds. The van der Waals surface area contributed by atoms with E-state index in [0.29, 0.717) is 25.0 Å². The lowest BCUT2D eigenvalue weighted by Gasteiger charge is -2.48. The van der Waals surface area contributed by atoms with E-state index in [2.05, 4.69) is 0 Å². The lowest BCUT2D eigenvalue weighted by atomic mass is 9.96. The highest BCUT2D eigenvalue weighted by molar-refractivity contribution is 8.13. The normalized spacial score (nSPS) is 28.1. The van der Waals surface area contributed by atoms with Crippen LogP contribution in [-0.4, -0.2) is 134 Å². The number of thioether (sulfide) groups is 1. The molecular formula is C33H48O19S. The summed E-state index contributed by atoms with van der Waals surface area (Å²) in [6.07, 6.45) is -13.5. The maximum Gasteiger partial charge on any atom is 0.303 e. The predicted molar refractivity (Wildman–Crippen MR) is 176 cm³/mol. The average molecular weight is 781 g/mol. The van der Waals surface area contributed by atoms with E-state index >= 15 is 0 Å². The van der Waals surface area contributed by atoms with Crippen LogP contribution < -0.4 is 0 Å². The molecule has 2 heterocycles. The van der Waals surface area contributed by atoms with Gasteiger partial charge in [0.25, 0.3) is 0 Å². The van der Waals surface area contributed by atoms with Crippen molar-refractivity contribution in [1.82, 2.24) is 0 Å². The molecule has 0 bridgehead atoms. The Morgan fingerprint density at radius 3 is 1.32 bits per heavy atom. The Bertz CT molecular complexity index is 1300. The summed E-state index contributed by atoms with van der Waals surface area (Å²) >= 11 is 1.18. The van der Waals surface area contributed by atoms with Crippen LogP contribution in [0.3, 0.4) is 0 Å². The van der Waals surface area contributed by atoms with Crippen LogP contribution in [0.2, 0.25) is 0 Å². The Kier molecular flexibility index (Phi) is 19.1. The number of unbranched alkanes of at least 4 members (excludes halogenated alkanes) is 2. The van der Waals surface area contributed by atoms with E-state index in [1.54, 1.807) is 0 Å². The van der Waals surface area contributed by atoms with Crippen LogP contribution >= 0.6 is 11.8 Å². The first-order chi connectivity index (χ1) is 24.9. The van der Waals surface area contributed by atoms with Crippen molar-refractivity contribution in [3.8, 4) is 0 Å². The van der Waals surface area contributed by atoms with Crippen molar-refractivity contribution in [2.45, 2.75) is 136 Å². The van der Waals surface area contributed by atoms with E-state index in [-0.39, 0.29) is 11.7 Å². The molecule has 2 aliphatic rings. The van der Waals surface area contributed by atoms with Gasteiger partial charge in [0.05, 0.1) is 0 Å². The van der Waals surface area contributed by atoms with Gasteiger partial charge in [0.2, 0.25) is 0 Å². The first-order valence-electron chi connectivity index (χ1n) is 16.7. The minimum atomic E-state index is -1.78. The fourth-order valence-electron chi connectivity index (χ4n) is 5.40. The van der Waals surface area contributed by atoms with E-state index in [4.69, 9.17) is 52.1 Å². The van der Waals surface area contributed by atoms with Gasteiger partial charge in [-0.2, -0.15) is 0 Å². The summed E-state index contributed by atoms with van der Waals surface area (Å²) in [5.41, 5.74) is 0. The van der Waals surface area contributed by atoms with E-state index in [0.717, 1.165) is 48.5 Å². The minimum Gasteiger partial charge on any atom is -0.463 e. The Morgan fingerprint density at radius 2 is 0.887 bits per heavy atom. The van der Waals surface area contributed by atoms with Gasteiger partial charge in [0.15, 0.2) is 54.3 Å². The molecule has 2 aliphatic heterocycles. The summed E-state index contributed by atoms with van der Waals surface area (Å²) in [6.45, 7) is 8.00. The fourth-order valence-corrected chi connectivity index (χ4v) is 6.04. The van der Waals surface area contributed by atoms with Gasteiger partial charge in [0, 0.05) is 67.7 Å². The summed E-state index contributed by atoms with van der Waals surface area (Å²) in [6, 6.07) is 0. The second kappa shape index (κ2) is 22.4. The van der Waals surface area contributed by atoms with Gasteiger partial charge in [0.1, 0.15) is 25.4 Å². The van der Waals surface area contributed by atoms with Crippen molar-refractivity contribution in [3.63, 3.8) is 0 Å². The van der Waals surface area contributed by atoms with Crippen molar-refractivity contribution < 1.29 is 90.5 Å². The quantitative estimate of drug-likeness (QED) is 0.107. The molecule has 0 aromatic rings. The molecule has 0 saturated carbocycles. The van der Waals surface area contributed by atoms with Gasteiger partial charge < -0.3 is 52.1 Å². The second-order valence-corrected chi connectivity index (χ2v) is 13.2. The zero-order valence-corrected chi connectivity index (χ0v) is 31.7. The molecule has 2 fully saturated rings. The van der Waals surface area contributed by atoms with Gasteiger partial charge in [-0.05, 0) is 12.8 Å². The molecule has 10 atom stereocenters. The molecule has 2 saturated heterocycles. The standard InChI is InChI=1S/C33H48O19S/c1-16(34)43-14-24-26(45-18(3)36)28(47-20(5)38)30(32(50-24)42-12-10-9-11-13-53-23(8)41)52-33-31(49-22(7)40)29(48-21(6)39)27(46-19(4)37)25(51-33)15-44-17(2)35/h24-33H,9-15H2,1-8H3/t24-,25-,26-,27-,28+,29+,30+,31+,32-,33+/m1/s1. The number of carbonyl (C=O) groups is 8. The first-order valence-corrected chi connectivity index (χ1v) is 17.7. The van der Waals surface area contributed by atoms with Crippen LogP contribution in [0.15, 0.2) is 0 Å². The lowest BCUT2D eigenvalue weighted by molar-refractivity contribution is -0.368. The molecular weight excluding hydrogens is 732 g/mol. The number of hydrogen-bond acceptors (Lipinski definition) is 20. The summed E-state index contributed by atoms with van der Waals surface area (Å²) in [7, 11) is 0. The van der Waals surface area contributed by atoms with Crippen molar-refractivity contribution in [2.24, 2.45) is 0 Å². The van der Waals surface area contributed by atoms with Crippen molar-refractivity contribution in [3.05, 3.63) is 0 Å². The largest absolute Gasteiger partial charge is 0.463 e. The van der Waals surface area contributed by atoms with Gasteiger partial charge in [-0.25, -0.2) is 0 Å². The maximum absolute atomic E-state index is 12.5. The van der Waals surface area contributed by atoms with Crippen molar-refractivity contribution in [2.75, 3.05) is 25.6 Å². The van der Waals surface area contributed by atoms with E-state index in [1.165, 1.54) is 18.7 Å². The summed E-state index contributed by atoms with van der Waals surface area (Å²) < 4.78 is 62.4. The number of carbonyl (C=O) groups excluding carboxylic acids is 8. The highest BCUT2D eigenvalue weighted by Gasteiger charge is 2.57. The predicted octanol–water partition coefficient (Wildman–Crippen LogP) is 1.07. The average Bonchev–Trinajstić information content (AvgIpc) is 3.02. The van der Waals surface area contributed by atoms with Gasteiger partial charge in [-0.1, -0.05) is 18.2 Å². The molecule has 20 heteroatoms. The Labute approximate surface area is 310 Å². The molecule has 0 N–H and O–H groups in total. The summed E-state index contributed by atoms with van der Waals surface area (Å²) in [5, 5.41) is -0.0169. The van der Waals surface area contributed by atoms with Crippen molar-refractivity contribution in [1.29, 1.82) is 0 Å². The fraction of sp³-hybridized carbons (Fsp3) is 0.758. The van der Waals surface area contributed by atoms with Crippen LogP contribution in [0, 0.1) is 0 Å². The summed E-state index contributed by atoms with van der Waals surface area (Å²) in [5.74, 6) is -5.20. The molecule has 300 valence electrons. The third-order valence-corrected chi connectivity index (χ3v) is 8.16. The number of ether oxygens (including phenoxy) is 11. The third kappa shape index (κ3) is 16.0. The zero-order chi connectivity index (χ0) is 39.8. The molecule has 0 unspecified atom stereocenters. The Hall–Kier alpha value is -3.85. The first kappa shape index (κ1) is 45.3. The number of esters is 7. The molecule has 19 nitrogen and oxygen atoms in total. The highest BCUT2D eigenvalue weighted by Crippen LogP contribution is 2.35. The van der Waals surface area contributed by atoms with Gasteiger partial charge >= 0.3 is 41.8 Å². The second-order valence-electron chi connectivity index (χ2n) is 11.9. The van der Waals surface area contributed by atoms with Crippen LogP contribution in [0.4, 0.5) is 0 Å². The van der Waals surface area contributed by atoms with Crippen LogP contribution in [0.5, 0.6) is 0 Å². The van der Waals surface area contributed by atoms with E-state index in [1.807, 2.05) is 0 Å². The maximum atomic E-state index is 12.5. The molecule has 0 aromatic carbocycles. The van der Waals surface area contributed by atoms with E-state index < -0.39 is 116 Å².